The van der Waals surface area contributed by atoms with Crippen LogP contribution in [0.1, 0.15) is 11.7 Å². The Morgan fingerprint density at radius 2 is 2.16 bits per heavy atom. The van der Waals surface area contributed by atoms with E-state index in [1.54, 1.807) is 16.8 Å². The zero-order valence-electron chi connectivity index (χ0n) is 11.3. The Kier molecular flexibility index (Phi) is 4.12. The lowest BCUT2D eigenvalue weighted by Crippen LogP contribution is -2.19. The van der Waals surface area contributed by atoms with Crippen LogP contribution in [-0.2, 0) is 0 Å². The zero-order chi connectivity index (χ0) is 14.0. The molecular formula is C14H17ClN2O2. The summed E-state index contributed by atoms with van der Waals surface area (Å²) in [6.45, 7) is 2.90. The second kappa shape index (κ2) is 5.63. The summed E-state index contributed by atoms with van der Waals surface area (Å²) in [4.78, 5) is 13.6. The number of carbonyl (C=O) groups is 1. The molecule has 2 aromatic rings. The van der Waals surface area contributed by atoms with Gasteiger partial charge in [0.1, 0.15) is 12.4 Å². The second-order valence-electron chi connectivity index (χ2n) is 4.70. The topological polar surface area (TPSA) is 34.5 Å². The van der Waals surface area contributed by atoms with E-state index in [0.29, 0.717) is 17.4 Å². The first-order chi connectivity index (χ1) is 8.99. The van der Waals surface area contributed by atoms with E-state index in [4.69, 9.17) is 16.3 Å². The van der Waals surface area contributed by atoms with Gasteiger partial charge in [0.25, 0.3) is 0 Å². The number of nitrogens with zero attached hydrogens (tertiary/aromatic N) is 2. The van der Waals surface area contributed by atoms with Gasteiger partial charge in [0.15, 0.2) is 0 Å². The van der Waals surface area contributed by atoms with Gasteiger partial charge in [-0.15, -0.1) is 0 Å². The molecule has 0 aliphatic carbocycles. The molecule has 0 aliphatic rings. The van der Waals surface area contributed by atoms with E-state index in [-0.39, 0.29) is 5.91 Å². The van der Waals surface area contributed by atoms with E-state index < -0.39 is 0 Å². The van der Waals surface area contributed by atoms with Gasteiger partial charge < -0.3 is 9.64 Å². The van der Waals surface area contributed by atoms with E-state index in [2.05, 4.69) is 0 Å². The smallest absolute Gasteiger partial charge is 0.228 e. The minimum absolute atomic E-state index is 0.0465. The maximum absolute atomic E-state index is 11.6. The molecule has 2 rings (SSSR count). The standard InChI is InChI=1S/C14H17ClN2O2/c1-10(18)17-9-14(19-7-6-16(2)3)12-8-11(15)4-5-13(12)17/h4-5,8-9H,6-7H2,1-3H3. The van der Waals surface area contributed by atoms with E-state index in [1.807, 2.05) is 31.1 Å². The Hall–Kier alpha value is -1.52. The fraction of sp³-hybridized carbons (Fsp3) is 0.357. The van der Waals surface area contributed by atoms with Crippen LogP contribution in [0, 0.1) is 0 Å². The van der Waals surface area contributed by atoms with Crippen molar-refractivity contribution in [2.24, 2.45) is 0 Å². The van der Waals surface area contributed by atoms with Gasteiger partial charge in [-0.05, 0) is 32.3 Å². The number of ether oxygens (including phenoxy) is 1. The lowest BCUT2D eigenvalue weighted by Gasteiger charge is -2.10. The van der Waals surface area contributed by atoms with Gasteiger partial charge in [-0.1, -0.05) is 11.6 Å². The van der Waals surface area contributed by atoms with E-state index >= 15 is 0 Å². The number of hydrogen-bond acceptors (Lipinski definition) is 3. The summed E-state index contributed by atoms with van der Waals surface area (Å²) >= 11 is 6.01. The van der Waals surface area contributed by atoms with Crippen molar-refractivity contribution >= 4 is 28.4 Å². The molecule has 0 N–H and O–H groups in total. The third-order valence-electron chi connectivity index (χ3n) is 2.87. The molecule has 0 saturated heterocycles. The van der Waals surface area contributed by atoms with Crippen molar-refractivity contribution in [3.8, 4) is 5.75 Å². The van der Waals surface area contributed by atoms with E-state index in [9.17, 15) is 4.79 Å². The Balaban J connectivity index is 2.37. The highest BCUT2D eigenvalue weighted by molar-refractivity contribution is 6.31. The van der Waals surface area contributed by atoms with Crippen molar-refractivity contribution in [2.75, 3.05) is 27.2 Å². The number of carbonyl (C=O) groups excluding carboxylic acids is 1. The Morgan fingerprint density at radius 3 is 2.79 bits per heavy atom. The number of likely N-dealkylation sites (N-methyl/N-ethyl adjacent to an activating group) is 1. The van der Waals surface area contributed by atoms with Crippen molar-refractivity contribution in [1.82, 2.24) is 9.47 Å². The number of halogens is 1. The predicted molar refractivity (Wildman–Crippen MR) is 77.3 cm³/mol. The average Bonchev–Trinajstić information content (AvgIpc) is 2.67. The van der Waals surface area contributed by atoms with Crippen molar-refractivity contribution in [1.29, 1.82) is 0 Å². The summed E-state index contributed by atoms with van der Waals surface area (Å²) in [6, 6.07) is 5.42. The second-order valence-corrected chi connectivity index (χ2v) is 5.13. The van der Waals surface area contributed by atoms with Crippen molar-refractivity contribution in [3.63, 3.8) is 0 Å². The van der Waals surface area contributed by atoms with Crippen molar-refractivity contribution in [2.45, 2.75) is 6.92 Å². The molecule has 1 aromatic heterocycles. The minimum atomic E-state index is -0.0465. The molecule has 0 spiro atoms. The van der Waals surface area contributed by atoms with Crippen LogP contribution < -0.4 is 4.74 Å². The molecule has 0 bridgehead atoms. The van der Waals surface area contributed by atoms with Crippen LogP contribution in [0.2, 0.25) is 5.02 Å². The molecule has 5 heteroatoms. The van der Waals surface area contributed by atoms with Gasteiger partial charge in [0, 0.05) is 23.9 Å². The molecule has 0 fully saturated rings. The monoisotopic (exact) mass is 280 g/mol. The average molecular weight is 281 g/mol. The van der Waals surface area contributed by atoms with Gasteiger partial charge >= 0.3 is 0 Å². The fourth-order valence-electron chi connectivity index (χ4n) is 1.89. The number of hydrogen-bond donors (Lipinski definition) is 0. The molecular weight excluding hydrogens is 264 g/mol. The summed E-state index contributed by atoms with van der Waals surface area (Å²) < 4.78 is 7.32. The molecule has 0 saturated carbocycles. The summed E-state index contributed by atoms with van der Waals surface area (Å²) in [5.74, 6) is 0.643. The maximum Gasteiger partial charge on any atom is 0.228 e. The first-order valence-corrected chi connectivity index (χ1v) is 6.46. The molecule has 102 valence electrons. The van der Waals surface area contributed by atoms with Crippen LogP contribution in [0.4, 0.5) is 0 Å². The normalized spacial score (nSPS) is 11.2. The first-order valence-electron chi connectivity index (χ1n) is 6.08. The lowest BCUT2D eigenvalue weighted by molar-refractivity contribution is 0.0941. The largest absolute Gasteiger partial charge is 0.490 e. The first kappa shape index (κ1) is 13.9. The quantitative estimate of drug-likeness (QED) is 0.864. The van der Waals surface area contributed by atoms with Crippen LogP contribution in [0.15, 0.2) is 24.4 Å². The van der Waals surface area contributed by atoms with Gasteiger partial charge in [0.2, 0.25) is 5.91 Å². The van der Waals surface area contributed by atoms with Gasteiger partial charge in [0.05, 0.1) is 11.7 Å². The SMILES string of the molecule is CC(=O)n1cc(OCCN(C)C)c2cc(Cl)ccc21. The minimum Gasteiger partial charge on any atom is -0.490 e. The molecule has 0 atom stereocenters. The van der Waals surface area contributed by atoms with Gasteiger partial charge in [-0.3, -0.25) is 9.36 Å². The zero-order valence-corrected chi connectivity index (χ0v) is 12.1. The molecule has 1 aromatic carbocycles. The lowest BCUT2D eigenvalue weighted by atomic mass is 10.2. The molecule has 0 unspecified atom stereocenters. The summed E-state index contributed by atoms with van der Waals surface area (Å²) in [6.07, 6.45) is 1.72. The third kappa shape index (κ3) is 3.08. The highest BCUT2D eigenvalue weighted by Crippen LogP contribution is 2.30. The Labute approximate surface area is 117 Å². The molecule has 0 radical (unpaired) electrons. The summed E-state index contributed by atoms with van der Waals surface area (Å²) in [7, 11) is 3.97. The predicted octanol–water partition coefficient (Wildman–Crippen LogP) is 2.90. The van der Waals surface area contributed by atoms with Crippen LogP contribution in [-0.4, -0.2) is 42.6 Å². The maximum atomic E-state index is 11.6. The molecule has 4 nitrogen and oxygen atoms in total. The van der Waals surface area contributed by atoms with Crippen molar-refractivity contribution < 1.29 is 9.53 Å². The van der Waals surface area contributed by atoms with Crippen molar-refractivity contribution in [3.05, 3.63) is 29.4 Å². The summed E-state index contributed by atoms with van der Waals surface area (Å²) in [5, 5.41) is 1.49. The fourth-order valence-corrected chi connectivity index (χ4v) is 2.06. The third-order valence-corrected chi connectivity index (χ3v) is 3.10. The summed E-state index contributed by atoms with van der Waals surface area (Å²) in [5.41, 5.74) is 0.816. The van der Waals surface area contributed by atoms with Gasteiger partial charge in [-0.2, -0.15) is 0 Å². The van der Waals surface area contributed by atoms with Gasteiger partial charge in [-0.25, -0.2) is 0 Å². The number of aromatic nitrogens is 1. The molecule has 0 aliphatic heterocycles. The molecule has 1 heterocycles. The highest BCUT2D eigenvalue weighted by atomic mass is 35.5. The Morgan fingerprint density at radius 1 is 1.42 bits per heavy atom. The van der Waals surface area contributed by atoms with Crippen LogP contribution in [0.3, 0.4) is 0 Å². The van der Waals surface area contributed by atoms with Crippen LogP contribution in [0.25, 0.3) is 10.9 Å². The number of benzene rings is 1. The van der Waals surface area contributed by atoms with E-state index in [0.717, 1.165) is 17.4 Å². The molecule has 0 amide bonds. The highest BCUT2D eigenvalue weighted by Gasteiger charge is 2.12. The number of fused-ring (bicyclic) bond motifs is 1. The van der Waals surface area contributed by atoms with E-state index in [1.165, 1.54) is 6.92 Å². The Bertz CT molecular complexity index is 605. The van der Waals surface area contributed by atoms with Crippen LogP contribution >= 0.6 is 11.6 Å². The van der Waals surface area contributed by atoms with Crippen LogP contribution in [0.5, 0.6) is 5.75 Å². The number of rotatable bonds is 4. The molecule has 19 heavy (non-hydrogen) atoms.